The maximum absolute atomic E-state index is 14.4. The number of ether oxygens (including phenoxy) is 1. The molecule has 37 heavy (non-hydrogen) atoms. The summed E-state index contributed by atoms with van der Waals surface area (Å²) in [7, 11) is 1.39. The highest BCUT2D eigenvalue weighted by Crippen LogP contribution is 2.49. The second-order valence-corrected chi connectivity index (χ2v) is 13.1. The Hall–Kier alpha value is -2.47. The summed E-state index contributed by atoms with van der Waals surface area (Å²) >= 11 is 3.57. The average Bonchev–Trinajstić information content (AvgIpc) is 3.08. The van der Waals surface area contributed by atoms with Crippen molar-refractivity contribution in [2.75, 3.05) is 7.11 Å². The third-order valence-corrected chi connectivity index (χ3v) is 8.13. The van der Waals surface area contributed by atoms with Gasteiger partial charge in [0.25, 0.3) is 5.91 Å². The van der Waals surface area contributed by atoms with Crippen LogP contribution in [0.25, 0.3) is 0 Å². The molecule has 1 aliphatic heterocycles. The first-order valence-electron chi connectivity index (χ1n) is 13.3. The Bertz CT molecular complexity index is 1170. The van der Waals surface area contributed by atoms with E-state index in [0.29, 0.717) is 23.1 Å². The van der Waals surface area contributed by atoms with Crippen molar-refractivity contribution in [1.29, 1.82) is 0 Å². The van der Waals surface area contributed by atoms with E-state index >= 15 is 0 Å². The zero-order chi connectivity index (χ0) is 27.0. The molecule has 2 aromatic rings. The Kier molecular flexibility index (Phi) is 7.99. The summed E-state index contributed by atoms with van der Waals surface area (Å²) in [4.78, 5) is 33.9. The minimum absolute atomic E-state index is 0.00430. The number of carbonyl (C=O) groups is 2. The molecule has 1 aliphatic carbocycles. The van der Waals surface area contributed by atoms with E-state index in [1.807, 2.05) is 36.4 Å². The van der Waals surface area contributed by atoms with Crippen LogP contribution in [0.1, 0.15) is 94.2 Å². The maximum Gasteiger partial charge on any atom is 0.337 e. The average molecular weight is 568 g/mol. The van der Waals surface area contributed by atoms with Gasteiger partial charge in [0, 0.05) is 10.0 Å². The molecule has 2 aliphatic rings. The summed E-state index contributed by atoms with van der Waals surface area (Å²) in [6.07, 6.45) is 4.62. The summed E-state index contributed by atoms with van der Waals surface area (Å²) in [5, 5.41) is 0. The number of nitrogens with zero attached hydrogens (tertiary/aromatic N) is 2. The van der Waals surface area contributed by atoms with Gasteiger partial charge in [0.15, 0.2) is 0 Å². The molecule has 2 aromatic carbocycles. The fourth-order valence-electron chi connectivity index (χ4n) is 6.18. The predicted molar refractivity (Wildman–Crippen MR) is 152 cm³/mol. The molecule has 0 radical (unpaired) electrons. The van der Waals surface area contributed by atoms with Gasteiger partial charge in [0.05, 0.1) is 18.7 Å². The summed E-state index contributed by atoms with van der Waals surface area (Å²) in [6.45, 7) is 11.3. The van der Waals surface area contributed by atoms with E-state index in [9.17, 15) is 9.59 Å². The van der Waals surface area contributed by atoms with E-state index < -0.39 is 5.66 Å². The lowest BCUT2D eigenvalue weighted by molar-refractivity contribution is -0.134. The summed E-state index contributed by atoms with van der Waals surface area (Å²) in [6, 6.07) is 15.3. The molecular formula is C31H39BrN2O3. The van der Waals surface area contributed by atoms with Gasteiger partial charge < -0.3 is 9.64 Å². The number of methoxy groups -OCH3 is 1. The number of hydrogen-bond acceptors (Lipinski definition) is 4. The summed E-state index contributed by atoms with van der Waals surface area (Å²) in [5.41, 5.74) is 2.48. The minimum atomic E-state index is -0.574. The second kappa shape index (κ2) is 10.7. The highest BCUT2D eigenvalue weighted by Gasteiger charge is 2.53. The van der Waals surface area contributed by atoms with Crippen LogP contribution in [-0.4, -0.2) is 35.3 Å². The van der Waals surface area contributed by atoms with Crippen molar-refractivity contribution < 1.29 is 14.3 Å². The Morgan fingerprint density at radius 3 is 2.35 bits per heavy atom. The van der Waals surface area contributed by atoms with Crippen LogP contribution >= 0.6 is 15.9 Å². The van der Waals surface area contributed by atoms with Gasteiger partial charge in [0.1, 0.15) is 11.4 Å². The first kappa shape index (κ1) is 27.6. The topological polar surface area (TPSA) is 59.0 Å². The second-order valence-electron chi connectivity index (χ2n) is 12.2. The third-order valence-electron chi connectivity index (χ3n) is 7.64. The third kappa shape index (κ3) is 6.00. The van der Waals surface area contributed by atoms with E-state index in [4.69, 9.17) is 9.73 Å². The fraction of sp³-hybridized carbons (Fsp3) is 0.516. The van der Waals surface area contributed by atoms with Crippen LogP contribution < -0.4 is 0 Å². The number of halogens is 1. The Morgan fingerprint density at radius 1 is 1.14 bits per heavy atom. The van der Waals surface area contributed by atoms with Crippen LogP contribution in [0.2, 0.25) is 0 Å². The number of amides is 1. The SMILES string of the molecule is COC(=O)c1ccc([C@@H](CCC(C)(C)C)N2C(=O)C(c3cccc(Br)c3)=NC23CC(C)CC(C)C3)cc1. The summed E-state index contributed by atoms with van der Waals surface area (Å²) in [5.74, 6) is 0.571. The molecule has 2 unspecified atom stereocenters. The van der Waals surface area contributed by atoms with Gasteiger partial charge in [-0.2, -0.15) is 0 Å². The lowest BCUT2D eigenvalue weighted by Gasteiger charge is -2.47. The first-order chi connectivity index (χ1) is 17.4. The first-order valence-corrected chi connectivity index (χ1v) is 14.1. The predicted octanol–water partition coefficient (Wildman–Crippen LogP) is 7.59. The standard InChI is InChI=1S/C31H39BrN2O3/c1-20-16-21(2)19-31(18-20)33-27(24-8-7-9-25(32)17-24)28(35)34(31)26(14-15-30(3,4)5)22-10-12-23(13-11-22)29(36)37-6/h7-13,17,20-21,26H,14-16,18-19H2,1-6H3/t20?,21?,26-,31?/m1/s1. The van der Waals surface area contributed by atoms with Gasteiger partial charge in [0.2, 0.25) is 0 Å². The quantitative estimate of drug-likeness (QED) is 0.338. The molecule has 1 fully saturated rings. The van der Waals surface area contributed by atoms with E-state index in [2.05, 4.69) is 55.4 Å². The molecule has 5 nitrogen and oxygen atoms in total. The van der Waals surface area contributed by atoms with Crippen LogP contribution in [0.5, 0.6) is 0 Å². The molecule has 0 N–H and O–H groups in total. The number of esters is 1. The Labute approximate surface area is 229 Å². The Balaban J connectivity index is 1.83. The maximum atomic E-state index is 14.4. The van der Waals surface area contributed by atoms with Crippen molar-refractivity contribution in [1.82, 2.24) is 4.90 Å². The van der Waals surface area contributed by atoms with E-state index in [0.717, 1.165) is 47.7 Å². The van der Waals surface area contributed by atoms with Gasteiger partial charge in [-0.3, -0.25) is 9.79 Å². The zero-order valence-electron chi connectivity index (χ0n) is 22.9. The number of hydrogen-bond donors (Lipinski definition) is 0. The van der Waals surface area contributed by atoms with Gasteiger partial charge in [-0.25, -0.2) is 4.79 Å². The lowest BCUT2D eigenvalue weighted by atomic mass is 9.75. The van der Waals surface area contributed by atoms with Crippen molar-refractivity contribution >= 4 is 33.5 Å². The van der Waals surface area contributed by atoms with E-state index in [1.165, 1.54) is 7.11 Å². The highest BCUT2D eigenvalue weighted by molar-refractivity contribution is 9.10. The van der Waals surface area contributed by atoms with Gasteiger partial charge in [-0.1, -0.05) is 74.8 Å². The normalized spacial score (nSPS) is 24.8. The molecule has 0 saturated heterocycles. The van der Waals surface area contributed by atoms with Crippen molar-refractivity contribution in [2.45, 2.75) is 78.4 Å². The molecule has 4 rings (SSSR count). The molecule has 1 saturated carbocycles. The number of benzene rings is 2. The Morgan fingerprint density at radius 2 is 1.78 bits per heavy atom. The largest absolute Gasteiger partial charge is 0.465 e. The molecule has 0 bridgehead atoms. The lowest BCUT2D eigenvalue weighted by Crippen LogP contribution is -2.52. The number of rotatable bonds is 6. The van der Waals surface area contributed by atoms with Crippen molar-refractivity contribution in [2.24, 2.45) is 22.2 Å². The molecule has 198 valence electrons. The number of aliphatic imine (C=N–C) groups is 1. The molecule has 3 atom stereocenters. The highest BCUT2D eigenvalue weighted by atomic mass is 79.9. The summed E-state index contributed by atoms with van der Waals surface area (Å²) < 4.78 is 5.84. The van der Waals surface area contributed by atoms with Crippen LogP contribution in [0, 0.1) is 17.3 Å². The molecule has 6 heteroatoms. The van der Waals surface area contributed by atoms with Gasteiger partial charge in [-0.05, 0) is 79.2 Å². The fourth-order valence-corrected chi connectivity index (χ4v) is 6.58. The number of carbonyl (C=O) groups excluding carboxylic acids is 2. The van der Waals surface area contributed by atoms with Gasteiger partial charge >= 0.3 is 5.97 Å². The van der Waals surface area contributed by atoms with E-state index in [1.54, 1.807) is 12.1 Å². The van der Waals surface area contributed by atoms with Crippen LogP contribution in [0.15, 0.2) is 58.0 Å². The van der Waals surface area contributed by atoms with Crippen LogP contribution in [0.3, 0.4) is 0 Å². The molecule has 1 spiro atoms. The van der Waals surface area contributed by atoms with Crippen molar-refractivity contribution in [3.8, 4) is 0 Å². The monoisotopic (exact) mass is 566 g/mol. The van der Waals surface area contributed by atoms with Crippen molar-refractivity contribution in [3.63, 3.8) is 0 Å². The van der Waals surface area contributed by atoms with Crippen LogP contribution in [-0.2, 0) is 9.53 Å². The molecule has 1 amide bonds. The van der Waals surface area contributed by atoms with Crippen molar-refractivity contribution in [3.05, 3.63) is 69.7 Å². The molecule has 0 aromatic heterocycles. The smallest absolute Gasteiger partial charge is 0.337 e. The minimum Gasteiger partial charge on any atom is -0.465 e. The van der Waals surface area contributed by atoms with Crippen LogP contribution in [0.4, 0.5) is 0 Å². The molecule has 1 heterocycles. The van der Waals surface area contributed by atoms with Gasteiger partial charge in [-0.15, -0.1) is 0 Å². The molecular weight excluding hydrogens is 528 g/mol. The zero-order valence-corrected chi connectivity index (χ0v) is 24.5. The van der Waals surface area contributed by atoms with E-state index in [-0.39, 0.29) is 23.3 Å².